The van der Waals surface area contributed by atoms with Gasteiger partial charge < -0.3 is 24.4 Å². The zero-order valence-electron chi connectivity index (χ0n) is 29.9. The Bertz CT molecular complexity index is 1480. The first kappa shape index (κ1) is 35.8. The van der Waals surface area contributed by atoms with Gasteiger partial charge in [-0.2, -0.15) is 0 Å². The molecular weight excluding hydrogens is 627 g/mol. The first-order valence-electron chi connectivity index (χ1n) is 18.0. The quantitative estimate of drug-likeness (QED) is 0.203. The fourth-order valence-corrected chi connectivity index (χ4v) is 9.22. The first-order chi connectivity index (χ1) is 23.0. The number of amides is 3. The summed E-state index contributed by atoms with van der Waals surface area (Å²) in [5.41, 5.74) is -0.105. The Morgan fingerprint density at radius 2 is 1.92 bits per heavy atom. The predicted octanol–water partition coefficient (Wildman–Crippen LogP) is 5.81. The molecule has 3 amide bonds. The third kappa shape index (κ3) is 7.00. The summed E-state index contributed by atoms with van der Waals surface area (Å²) in [7, 11) is 1.13. The summed E-state index contributed by atoms with van der Waals surface area (Å²) in [5.74, 6) is -2.61. The maximum absolute atomic E-state index is 14.0. The van der Waals surface area contributed by atoms with Crippen LogP contribution in [0, 0.1) is 23.8 Å². The van der Waals surface area contributed by atoms with E-state index < -0.39 is 42.6 Å². The lowest BCUT2D eigenvalue weighted by Gasteiger charge is -2.64. The van der Waals surface area contributed by atoms with Crippen LogP contribution in [-0.4, -0.2) is 102 Å². The van der Waals surface area contributed by atoms with Gasteiger partial charge in [0.15, 0.2) is 0 Å². The Balaban J connectivity index is 1.14. The minimum atomic E-state index is -2.78. The highest BCUT2D eigenvalue weighted by Gasteiger charge is 2.68. The second-order valence-corrected chi connectivity index (χ2v) is 16.4. The highest BCUT2D eigenvalue weighted by Crippen LogP contribution is 2.65. The van der Waals surface area contributed by atoms with Gasteiger partial charge in [0.1, 0.15) is 0 Å². The molecule has 1 aromatic rings. The number of urea groups is 1. The van der Waals surface area contributed by atoms with Crippen molar-refractivity contribution in [2.75, 3.05) is 33.2 Å². The van der Waals surface area contributed by atoms with Crippen LogP contribution in [0.4, 0.5) is 13.6 Å². The summed E-state index contributed by atoms with van der Waals surface area (Å²) in [5, 5.41) is 3.23. The highest BCUT2D eigenvalue weighted by atomic mass is 19.3. The van der Waals surface area contributed by atoms with Crippen LogP contribution in [0.3, 0.4) is 0 Å². The molecule has 1 N–H and O–H groups in total. The van der Waals surface area contributed by atoms with Gasteiger partial charge in [0.25, 0.3) is 11.8 Å². The summed E-state index contributed by atoms with van der Waals surface area (Å²) in [6.45, 7) is 18.7. The van der Waals surface area contributed by atoms with E-state index in [-0.39, 0.29) is 48.8 Å². The molecule has 3 aliphatic carbocycles. The van der Waals surface area contributed by atoms with Crippen LogP contribution in [-0.2, 0) is 20.5 Å². The second kappa shape index (κ2) is 13.3. The topological polar surface area (TPSA) is 78.7 Å². The average Bonchev–Trinajstić information content (AvgIpc) is 3.62. The Morgan fingerprint density at radius 3 is 2.57 bits per heavy atom. The molecule has 266 valence electrons. The summed E-state index contributed by atoms with van der Waals surface area (Å²) in [6.07, 6.45) is 6.30. The van der Waals surface area contributed by atoms with Crippen molar-refractivity contribution in [2.24, 2.45) is 17.3 Å². The van der Waals surface area contributed by atoms with Crippen LogP contribution in [0.1, 0.15) is 78.7 Å². The van der Waals surface area contributed by atoms with E-state index in [1.165, 1.54) is 6.08 Å². The lowest BCUT2D eigenvalue weighted by Crippen LogP contribution is -2.65. The molecule has 49 heavy (non-hydrogen) atoms. The average molecular weight is 680 g/mol. The normalized spacial score (nSPS) is 31.4. The van der Waals surface area contributed by atoms with Gasteiger partial charge in [-0.25, -0.2) is 18.4 Å². The van der Waals surface area contributed by atoms with Crippen molar-refractivity contribution in [3.8, 4) is 0 Å². The molecule has 7 rings (SSSR count). The molecule has 3 aliphatic heterocycles. The highest BCUT2D eigenvalue weighted by molar-refractivity contribution is 6.48. The van der Waals surface area contributed by atoms with E-state index >= 15 is 0 Å². The molecule has 3 saturated heterocycles. The van der Waals surface area contributed by atoms with Crippen LogP contribution in [0.15, 0.2) is 42.1 Å². The monoisotopic (exact) mass is 679 g/mol. The van der Waals surface area contributed by atoms with Gasteiger partial charge in [-0.1, -0.05) is 50.3 Å². The van der Waals surface area contributed by atoms with Gasteiger partial charge in [0.05, 0.1) is 30.8 Å². The number of nitrogens with one attached hydrogen (secondary N) is 1. The number of alkyl halides is 2. The molecule has 9 nitrogen and oxygen atoms in total. The number of hydrogen-bond donors (Lipinski definition) is 1. The van der Waals surface area contributed by atoms with Gasteiger partial charge in [-0.3, -0.25) is 9.69 Å². The van der Waals surface area contributed by atoms with E-state index in [4.69, 9.17) is 15.9 Å². The zero-order chi connectivity index (χ0) is 35.4. The Kier molecular flexibility index (Phi) is 9.70. The zero-order valence-corrected chi connectivity index (χ0v) is 29.9. The van der Waals surface area contributed by atoms with Crippen LogP contribution in [0.25, 0.3) is 4.85 Å². The van der Waals surface area contributed by atoms with Crippen LogP contribution in [0.5, 0.6) is 0 Å². The van der Waals surface area contributed by atoms with E-state index in [9.17, 15) is 18.4 Å². The molecular formula is C37H52BF2N5O4. The number of benzene rings is 1. The van der Waals surface area contributed by atoms with E-state index in [0.29, 0.717) is 31.2 Å². The molecule has 0 spiro atoms. The number of halogens is 2. The van der Waals surface area contributed by atoms with Crippen molar-refractivity contribution in [2.45, 2.75) is 115 Å². The van der Waals surface area contributed by atoms with Crippen molar-refractivity contribution < 1.29 is 27.7 Å². The van der Waals surface area contributed by atoms with Crippen LogP contribution < -0.4 is 5.32 Å². The molecule has 12 heteroatoms. The third-order valence-electron chi connectivity index (χ3n) is 12.4. The first-order valence-corrected chi connectivity index (χ1v) is 18.0. The number of nitrogens with zero attached hydrogens (tertiary/aromatic N) is 4. The number of likely N-dealkylation sites (N-methyl/N-ethyl adjacent to an activating group) is 1. The minimum Gasteiger partial charge on any atom is -0.404 e. The fourth-order valence-electron chi connectivity index (χ4n) is 9.22. The molecule has 6 atom stereocenters. The molecule has 0 aromatic heterocycles. The smallest absolute Gasteiger partial charge is 0.404 e. The van der Waals surface area contributed by atoms with Crippen LogP contribution >= 0.6 is 0 Å². The molecule has 3 saturated carbocycles. The van der Waals surface area contributed by atoms with Gasteiger partial charge in [0, 0.05) is 44.7 Å². The van der Waals surface area contributed by atoms with Crippen molar-refractivity contribution in [1.29, 1.82) is 0 Å². The van der Waals surface area contributed by atoms with E-state index in [1.807, 2.05) is 30.3 Å². The molecule has 0 unspecified atom stereocenters. The minimum absolute atomic E-state index is 0.0133. The molecule has 0 radical (unpaired) electrons. The number of rotatable bonds is 9. The van der Waals surface area contributed by atoms with Crippen molar-refractivity contribution in [1.82, 2.24) is 20.0 Å². The van der Waals surface area contributed by atoms with E-state index in [2.05, 4.69) is 30.9 Å². The summed E-state index contributed by atoms with van der Waals surface area (Å²) in [4.78, 5) is 36.2. The van der Waals surface area contributed by atoms with Crippen molar-refractivity contribution in [3.05, 3.63) is 59.1 Å². The summed E-state index contributed by atoms with van der Waals surface area (Å²) >= 11 is 0. The van der Waals surface area contributed by atoms with Gasteiger partial charge in [-0.15, -0.1) is 0 Å². The van der Waals surface area contributed by atoms with Gasteiger partial charge in [-0.05, 0) is 82.1 Å². The third-order valence-corrected chi connectivity index (χ3v) is 12.4. The van der Waals surface area contributed by atoms with Crippen molar-refractivity contribution in [3.63, 3.8) is 0 Å². The van der Waals surface area contributed by atoms with Gasteiger partial charge >= 0.3 is 13.1 Å². The van der Waals surface area contributed by atoms with E-state index in [0.717, 1.165) is 31.2 Å². The standard InChI is InChI=1S/C37H52BF2N5O4/c1-34(2,44-18-16-37(39,40)24-44)22-28(41-6)32(46)45-17-12-11-15-27(45)23-43(7)33(47)42-31(19-25-13-9-8-10-14-25)38-48-30-21-26-20-29(35(26,3)4)36(30,5)49-38/h8-10,13-14,22,26-27,29-31H,11-12,15-21,23-24H2,1-5,7H3,(H,42,47)/t26-,27+,29-,30+,31-,36-/m0/s1. The Morgan fingerprint density at radius 1 is 1.18 bits per heavy atom. The van der Waals surface area contributed by atoms with Gasteiger partial charge in [0.2, 0.25) is 5.70 Å². The summed E-state index contributed by atoms with van der Waals surface area (Å²) in [6, 6.07) is 9.44. The Hall–Kier alpha value is -3.01. The van der Waals surface area contributed by atoms with Crippen LogP contribution in [0.2, 0.25) is 0 Å². The molecule has 6 fully saturated rings. The maximum Gasteiger partial charge on any atom is 0.482 e. The fraction of sp³-hybridized carbons (Fsp3) is 0.703. The molecule has 1 aromatic carbocycles. The SMILES string of the molecule is [C-]#[N+]C(=CC(C)(C)N1CCC(F)(F)C1)C(=O)N1CCCC[C@@H]1CN(C)C(=O)N[C@@H](Cc1ccccc1)B1O[C@@H]2C[C@@H]3C[C@@H](C3(C)C)[C@]2(C)O1. The lowest BCUT2D eigenvalue weighted by atomic mass is 9.43. The predicted molar refractivity (Wildman–Crippen MR) is 184 cm³/mol. The number of piperidine rings is 1. The maximum atomic E-state index is 14.0. The molecule has 3 heterocycles. The van der Waals surface area contributed by atoms with Crippen molar-refractivity contribution >= 4 is 19.1 Å². The number of carbonyl (C=O) groups excluding carboxylic acids is 2. The Labute approximate surface area is 290 Å². The molecule has 6 aliphatic rings. The summed E-state index contributed by atoms with van der Waals surface area (Å²) < 4.78 is 41.4. The number of hydrogen-bond acceptors (Lipinski definition) is 5. The second-order valence-electron chi connectivity index (χ2n) is 16.4. The lowest BCUT2D eigenvalue weighted by molar-refractivity contribution is -0.199. The molecule has 2 bridgehead atoms. The number of carbonyl (C=O) groups is 2. The number of likely N-dealkylation sites (tertiary alicyclic amines) is 2. The largest absolute Gasteiger partial charge is 0.482 e. The van der Waals surface area contributed by atoms with E-state index in [1.54, 1.807) is 35.6 Å².